The lowest BCUT2D eigenvalue weighted by atomic mass is 9.87. The Morgan fingerprint density at radius 1 is 0.719 bits per heavy atom. The second-order valence-electron chi connectivity index (χ2n) is 8.96. The molecule has 0 aliphatic carbocycles. The molecule has 3 heteroatoms. The van der Waals surface area contributed by atoms with Crippen LogP contribution in [0.25, 0.3) is 0 Å². The molecular weight excluding hydrogens is 411 g/mol. The van der Waals surface area contributed by atoms with Crippen LogP contribution < -0.4 is 15.9 Å². The zero-order valence-electron chi connectivity index (χ0n) is 19.7. The van der Waals surface area contributed by atoms with Crippen molar-refractivity contribution >= 4 is 29.1 Å². The van der Waals surface area contributed by atoms with Gasteiger partial charge in [-0.2, -0.15) is 0 Å². The van der Waals surface area contributed by atoms with Gasteiger partial charge in [0.25, 0.3) is 0 Å². The molecule has 0 spiro atoms. The number of ether oxygens (including phenoxy) is 1. The van der Waals surface area contributed by atoms with Gasteiger partial charge in [0.05, 0.1) is 18.2 Å². The van der Waals surface area contributed by atoms with Crippen LogP contribution in [-0.2, 0) is 9.53 Å². The Bertz CT molecular complexity index is 856. The summed E-state index contributed by atoms with van der Waals surface area (Å²) in [5.41, 5.74) is -0.416. The summed E-state index contributed by atoms with van der Waals surface area (Å²) in [5, 5.41) is 4.30. The fraction of sp³-hybridized carbons (Fsp3) is 0.345. The Morgan fingerprint density at radius 3 is 1.56 bits per heavy atom. The van der Waals surface area contributed by atoms with E-state index in [1.165, 1.54) is 15.9 Å². The molecule has 0 amide bonds. The molecule has 0 bridgehead atoms. The van der Waals surface area contributed by atoms with Gasteiger partial charge in [0, 0.05) is 0 Å². The fourth-order valence-electron chi connectivity index (χ4n) is 4.40. The van der Waals surface area contributed by atoms with Crippen molar-refractivity contribution in [3.8, 4) is 0 Å². The van der Waals surface area contributed by atoms with E-state index in [-0.39, 0.29) is 5.97 Å². The summed E-state index contributed by atoms with van der Waals surface area (Å²) >= 11 is 0. The number of carbonyl (C=O) groups excluding carboxylic acids is 1. The first-order valence-electron chi connectivity index (χ1n) is 11.7. The van der Waals surface area contributed by atoms with E-state index in [1.807, 2.05) is 20.8 Å². The summed E-state index contributed by atoms with van der Waals surface area (Å²) in [6, 6.07) is 33.1. The number of hydrogen-bond acceptors (Lipinski definition) is 2. The lowest BCUT2D eigenvalue weighted by Crippen LogP contribution is -2.33. The van der Waals surface area contributed by atoms with Gasteiger partial charge in [-0.1, -0.05) is 61.0 Å². The molecule has 0 aromatic heterocycles. The Kier molecular flexibility index (Phi) is 8.65. The average Bonchev–Trinajstić information content (AvgIpc) is 2.83. The zero-order chi connectivity index (χ0) is 22.9. The van der Waals surface area contributed by atoms with Crippen molar-refractivity contribution in [3.05, 3.63) is 91.0 Å². The molecule has 2 nitrogen and oxygen atoms in total. The van der Waals surface area contributed by atoms with Crippen molar-refractivity contribution in [1.82, 2.24) is 0 Å². The van der Waals surface area contributed by atoms with Gasteiger partial charge in [-0.3, -0.25) is 4.79 Å². The highest BCUT2D eigenvalue weighted by atomic mass is 31.2. The number of unbranched alkanes of at least 4 members (excludes halogenated alkanes) is 2. The third kappa shape index (κ3) is 5.67. The van der Waals surface area contributed by atoms with Gasteiger partial charge < -0.3 is 4.74 Å². The third-order valence-electron chi connectivity index (χ3n) is 6.21. The maximum atomic E-state index is 12.2. The standard InChI is InChI=1S/C29H36O2P/c1-4-31-28(30)29(2,3)23-15-8-16-24-32(25-17-9-5-10-18-25,26-19-11-6-12-20-26)27-21-13-7-14-22-27/h5-7,9-14,17-22H,4,8,15-16,23-24H2,1-3H3/q+1. The van der Waals surface area contributed by atoms with Crippen LogP contribution in [-0.4, -0.2) is 18.7 Å². The molecule has 3 aromatic carbocycles. The van der Waals surface area contributed by atoms with Crippen LogP contribution >= 0.6 is 7.26 Å². The van der Waals surface area contributed by atoms with Gasteiger partial charge in [-0.05, 0) is 76.4 Å². The smallest absolute Gasteiger partial charge is 0.311 e. The SMILES string of the molecule is CCOC(=O)C(C)(C)CCCCC[P+](c1ccccc1)(c1ccccc1)c1ccccc1. The highest BCUT2D eigenvalue weighted by Gasteiger charge is 2.44. The highest BCUT2D eigenvalue weighted by molar-refractivity contribution is 7.95. The zero-order valence-corrected chi connectivity index (χ0v) is 20.6. The monoisotopic (exact) mass is 447 g/mol. The number of hydrogen-bond donors (Lipinski definition) is 0. The number of benzene rings is 3. The molecule has 0 saturated carbocycles. The lowest BCUT2D eigenvalue weighted by Gasteiger charge is -2.28. The molecular formula is C29H36O2P+. The van der Waals surface area contributed by atoms with Crippen molar-refractivity contribution in [3.63, 3.8) is 0 Å². The Balaban J connectivity index is 1.84. The molecule has 0 heterocycles. The quantitative estimate of drug-likeness (QED) is 0.201. The summed E-state index contributed by atoms with van der Waals surface area (Å²) in [7, 11) is -1.76. The Morgan fingerprint density at radius 2 is 1.16 bits per heavy atom. The molecule has 32 heavy (non-hydrogen) atoms. The van der Waals surface area contributed by atoms with E-state index in [4.69, 9.17) is 4.74 Å². The van der Waals surface area contributed by atoms with Crippen molar-refractivity contribution < 1.29 is 9.53 Å². The molecule has 0 aliphatic rings. The molecule has 0 unspecified atom stereocenters. The Hall–Kier alpha value is -2.44. The predicted molar refractivity (Wildman–Crippen MR) is 139 cm³/mol. The van der Waals surface area contributed by atoms with Gasteiger partial charge in [0.2, 0.25) is 0 Å². The van der Waals surface area contributed by atoms with E-state index in [1.54, 1.807) is 0 Å². The van der Waals surface area contributed by atoms with Crippen molar-refractivity contribution in [1.29, 1.82) is 0 Å². The first-order valence-corrected chi connectivity index (χ1v) is 13.7. The predicted octanol–water partition coefficient (Wildman–Crippen LogP) is 6.13. The van der Waals surface area contributed by atoms with Crippen LogP contribution in [0.15, 0.2) is 91.0 Å². The maximum Gasteiger partial charge on any atom is 0.311 e. The number of rotatable bonds is 11. The first kappa shape index (κ1) is 24.2. The highest BCUT2D eigenvalue weighted by Crippen LogP contribution is 2.56. The molecule has 0 radical (unpaired) electrons. The minimum absolute atomic E-state index is 0.0836. The number of carbonyl (C=O) groups is 1. The first-order chi connectivity index (χ1) is 15.5. The van der Waals surface area contributed by atoms with Gasteiger partial charge >= 0.3 is 5.97 Å². The third-order valence-corrected chi connectivity index (χ3v) is 10.7. The second-order valence-corrected chi connectivity index (χ2v) is 12.6. The van der Waals surface area contributed by atoms with Gasteiger partial charge in [-0.25, -0.2) is 0 Å². The van der Waals surface area contributed by atoms with Crippen LogP contribution in [0.1, 0.15) is 46.5 Å². The molecule has 3 aromatic rings. The van der Waals surface area contributed by atoms with Gasteiger partial charge in [-0.15, -0.1) is 0 Å². The van der Waals surface area contributed by atoms with Crippen molar-refractivity contribution in [2.24, 2.45) is 5.41 Å². The van der Waals surface area contributed by atoms with E-state index in [9.17, 15) is 4.79 Å². The molecule has 0 aliphatic heterocycles. The molecule has 0 atom stereocenters. The van der Waals surface area contributed by atoms with Crippen molar-refractivity contribution in [2.45, 2.75) is 46.5 Å². The molecule has 0 fully saturated rings. The minimum Gasteiger partial charge on any atom is -0.466 e. The average molecular weight is 448 g/mol. The van der Waals surface area contributed by atoms with Crippen LogP contribution in [0.3, 0.4) is 0 Å². The lowest BCUT2D eigenvalue weighted by molar-refractivity contribution is -0.153. The van der Waals surface area contributed by atoms with Crippen LogP contribution in [0.4, 0.5) is 0 Å². The van der Waals surface area contributed by atoms with E-state index in [2.05, 4.69) is 91.0 Å². The van der Waals surface area contributed by atoms with E-state index < -0.39 is 12.7 Å². The minimum atomic E-state index is -1.76. The maximum absolute atomic E-state index is 12.2. The summed E-state index contributed by atoms with van der Waals surface area (Å²) < 4.78 is 5.26. The van der Waals surface area contributed by atoms with Crippen LogP contribution in [0.5, 0.6) is 0 Å². The normalized spacial score (nSPS) is 11.8. The summed E-state index contributed by atoms with van der Waals surface area (Å²) in [4.78, 5) is 12.2. The topological polar surface area (TPSA) is 26.3 Å². The fourth-order valence-corrected chi connectivity index (χ4v) is 8.81. The van der Waals surface area contributed by atoms with Crippen molar-refractivity contribution in [2.75, 3.05) is 12.8 Å². The van der Waals surface area contributed by atoms with E-state index in [0.717, 1.165) is 31.8 Å². The van der Waals surface area contributed by atoms with E-state index >= 15 is 0 Å². The van der Waals surface area contributed by atoms with Gasteiger partial charge in [0.1, 0.15) is 23.2 Å². The summed E-state index contributed by atoms with van der Waals surface area (Å²) in [6.07, 6.45) is 5.26. The largest absolute Gasteiger partial charge is 0.466 e. The molecule has 0 saturated heterocycles. The number of esters is 1. The van der Waals surface area contributed by atoms with Crippen LogP contribution in [0.2, 0.25) is 0 Å². The summed E-state index contributed by atoms with van der Waals surface area (Å²) in [5.74, 6) is -0.0836. The molecule has 0 N–H and O–H groups in total. The van der Waals surface area contributed by atoms with E-state index in [0.29, 0.717) is 6.61 Å². The van der Waals surface area contributed by atoms with Gasteiger partial charge in [0.15, 0.2) is 0 Å². The summed E-state index contributed by atoms with van der Waals surface area (Å²) in [6.45, 7) is 6.31. The molecule has 168 valence electrons. The van der Waals surface area contributed by atoms with Crippen LogP contribution in [0, 0.1) is 5.41 Å². The second kappa shape index (κ2) is 11.4. The molecule has 3 rings (SSSR count). The Labute approximate surface area is 194 Å².